The van der Waals surface area contributed by atoms with Gasteiger partial charge in [0, 0.05) is 23.7 Å². The molecule has 21 heavy (non-hydrogen) atoms. The number of rotatable bonds is 2. The van der Waals surface area contributed by atoms with Gasteiger partial charge in [-0.15, -0.1) is 11.8 Å². The van der Waals surface area contributed by atoms with Gasteiger partial charge >= 0.3 is 5.97 Å². The summed E-state index contributed by atoms with van der Waals surface area (Å²) in [7, 11) is 1.41. The second kappa shape index (κ2) is 5.72. The van der Waals surface area contributed by atoms with E-state index in [2.05, 4.69) is 6.07 Å². The number of thioether (sulfide) groups is 1. The van der Waals surface area contributed by atoms with Crippen LogP contribution >= 0.6 is 11.8 Å². The van der Waals surface area contributed by atoms with Crippen LogP contribution in [0, 0.1) is 11.8 Å². The van der Waals surface area contributed by atoms with Crippen LogP contribution in [0.4, 0.5) is 0 Å². The van der Waals surface area contributed by atoms with Crippen LogP contribution in [0.1, 0.15) is 18.4 Å². The Morgan fingerprint density at radius 3 is 2.81 bits per heavy atom. The van der Waals surface area contributed by atoms with Crippen LogP contribution < -0.4 is 0 Å². The summed E-state index contributed by atoms with van der Waals surface area (Å²) in [5.74, 6) is 0.625. The van der Waals surface area contributed by atoms with Gasteiger partial charge in [0.05, 0.1) is 18.9 Å². The Kier molecular flexibility index (Phi) is 3.93. The van der Waals surface area contributed by atoms with Crippen molar-refractivity contribution in [2.24, 2.45) is 11.8 Å². The minimum Gasteiger partial charge on any atom is -0.469 e. The topological polar surface area (TPSA) is 46.6 Å². The van der Waals surface area contributed by atoms with Gasteiger partial charge in [0.2, 0.25) is 5.91 Å². The summed E-state index contributed by atoms with van der Waals surface area (Å²) in [6.07, 6.45) is 0. The van der Waals surface area contributed by atoms with Crippen LogP contribution in [0.25, 0.3) is 0 Å². The standard InChI is InChI=1S/C16H19NO3S/c1-10-7-17(8-12(10)16(19)20-2)15(18)13-9-21-14-6-4-3-5-11(13)14/h3-6,10,12-13H,7-9H2,1-2H3. The highest BCUT2D eigenvalue weighted by molar-refractivity contribution is 7.99. The molecule has 5 heteroatoms. The molecular weight excluding hydrogens is 286 g/mol. The summed E-state index contributed by atoms with van der Waals surface area (Å²) in [6.45, 7) is 3.13. The minimum absolute atomic E-state index is 0.0743. The second-order valence-corrected chi connectivity index (χ2v) is 6.81. The summed E-state index contributed by atoms with van der Waals surface area (Å²) in [4.78, 5) is 27.6. The van der Waals surface area contributed by atoms with Crippen LogP contribution in [0.2, 0.25) is 0 Å². The van der Waals surface area contributed by atoms with Crippen molar-refractivity contribution < 1.29 is 14.3 Å². The van der Waals surface area contributed by atoms with Gasteiger partial charge < -0.3 is 9.64 Å². The zero-order valence-electron chi connectivity index (χ0n) is 12.2. The van der Waals surface area contributed by atoms with Crippen molar-refractivity contribution in [1.82, 2.24) is 4.90 Å². The average molecular weight is 305 g/mol. The fourth-order valence-corrected chi connectivity index (χ4v) is 4.41. The molecule has 3 rings (SSSR count). The monoisotopic (exact) mass is 305 g/mol. The molecule has 1 aromatic carbocycles. The number of carbonyl (C=O) groups excluding carboxylic acids is 2. The van der Waals surface area contributed by atoms with Crippen LogP contribution in [-0.2, 0) is 14.3 Å². The lowest BCUT2D eigenvalue weighted by atomic mass is 9.99. The molecule has 1 fully saturated rings. The van der Waals surface area contributed by atoms with Crippen LogP contribution in [-0.4, -0.2) is 42.7 Å². The fraction of sp³-hybridized carbons (Fsp3) is 0.500. The van der Waals surface area contributed by atoms with E-state index in [-0.39, 0.29) is 29.6 Å². The maximum Gasteiger partial charge on any atom is 0.310 e. The maximum atomic E-state index is 12.8. The Morgan fingerprint density at radius 2 is 2.05 bits per heavy atom. The SMILES string of the molecule is COC(=O)C1CN(C(=O)C2CSc3ccccc32)CC1C. The highest BCUT2D eigenvalue weighted by Gasteiger charge is 2.41. The molecule has 2 aliphatic rings. The van der Waals surface area contributed by atoms with E-state index >= 15 is 0 Å². The van der Waals surface area contributed by atoms with Crippen LogP contribution in [0.3, 0.4) is 0 Å². The zero-order chi connectivity index (χ0) is 15.0. The molecule has 112 valence electrons. The van der Waals surface area contributed by atoms with E-state index in [9.17, 15) is 9.59 Å². The van der Waals surface area contributed by atoms with E-state index < -0.39 is 0 Å². The van der Waals surface area contributed by atoms with E-state index in [0.29, 0.717) is 13.1 Å². The Morgan fingerprint density at radius 1 is 1.29 bits per heavy atom. The average Bonchev–Trinajstić information content (AvgIpc) is 3.09. The molecule has 0 radical (unpaired) electrons. The molecule has 0 saturated carbocycles. The van der Waals surface area contributed by atoms with Gasteiger partial charge in [-0.05, 0) is 17.5 Å². The number of esters is 1. The number of amides is 1. The summed E-state index contributed by atoms with van der Waals surface area (Å²) in [5.41, 5.74) is 1.13. The molecule has 0 aliphatic carbocycles. The molecule has 0 bridgehead atoms. The lowest BCUT2D eigenvalue weighted by molar-refractivity contribution is -0.146. The van der Waals surface area contributed by atoms with Gasteiger partial charge in [0.25, 0.3) is 0 Å². The molecule has 3 unspecified atom stereocenters. The number of benzene rings is 1. The lowest BCUT2D eigenvalue weighted by Gasteiger charge is -2.20. The van der Waals surface area contributed by atoms with Crippen molar-refractivity contribution in [3.05, 3.63) is 29.8 Å². The van der Waals surface area contributed by atoms with Crippen LogP contribution in [0.5, 0.6) is 0 Å². The molecule has 0 spiro atoms. The van der Waals surface area contributed by atoms with Gasteiger partial charge in [0.1, 0.15) is 0 Å². The first kappa shape index (κ1) is 14.4. The molecule has 1 amide bonds. The lowest BCUT2D eigenvalue weighted by Crippen LogP contribution is -2.34. The highest BCUT2D eigenvalue weighted by Crippen LogP contribution is 2.41. The third kappa shape index (κ3) is 2.55. The fourth-order valence-electron chi connectivity index (χ4n) is 3.19. The Hall–Kier alpha value is -1.49. The molecule has 1 saturated heterocycles. The second-order valence-electron chi connectivity index (χ2n) is 5.75. The third-order valence-electron chi connectivity index (χ3n) is 4.43. The van der Waals surface area contributed by atoms with Crippen molar-refractivity contribution in [3.63, 3.8) is 0 Å². The van der Waals surface area contributed by atoms with E-state index in [1.165, 1.54) is 12.0 Å². The largest absolute Gasteiger partial charge is 0.469 e. The molecule has 0 aromatic heterocycles. The maximum absolute atomic E-state index is 12.8. The van der Waals surface area contributed by atoms with Gasteiger partial charge in [0.15, 0.2) is 0 Å². The number of fused-ring (bicyclic) bond motifs is 1. The quantitative estimate of drug-likeness (QED) is 0.786. The van der Waals surface area contributed by atoms with E-state index in [4.69, 9.17) is 4.74 Å². The van der Waals surface area contributed by atoms with Gasteiger partial charge in [-0.2, -0.15) is 0 Å². The predicted octanol–water partition coefficient (Wildman–Crippen LogP) is 2.14. The van der Waals surface area contributed by atoms with Gasteiger partial charge in [-0.3, -0.25) is 9.59 Å². The van der Waals surface area contributed by atoms with Gasteiger partial charge in [-0.25, -0.2) is 0 Å². The highest BCUT2D eigenvalue weighted by atomic mass is 32.2. The van der Waals surface area contributed by atoms with E-state index in [0.717, 1.165) is 11.3 Å². The molecule has 2 heterocycles. The number of hydrogen-bond donors (Lipinski definition) is 0. The van der Waals surface area contributed by atoms with Crippen molar-refractivity contribution in [2.75, 3.05) is 26.0 Å². The minimum atomic E-state index is -0.209. The zero-order valence-corrected chi connectivity index (χ0v) is 13.1. The van der Waals surface area contributed by atoms with Crippen molar-refractivity contribution >= 4 is 23.6 Å². The Balaban J connectivity index is 1.74. The molecule has 3 atom stereocenters. The number of likely N-dealkylation sites (tertiary alicyclic amines) is 1. The smallest absolute Gasteiger partial charge is 0.310 e. The first-order valence-electron chi connectivity index (χ1n) is 7.20. The number of methoxy groups -OCH3 is 1. The summed E-state index contributed by atoms with van der Waals surface area (Å²) in [6, 6.07) is 8.09. The van der Waals surface area contributed by atoms with Crippen molar-refractivity contribution in [2.45, 2.75) is 17.7 Å². The Bertz CT molecular complexity index is 574. The number of carbonyl (C=O) groups is 2. The predicted molar refractivity (Wildman–Crippen MR) is 81.2 cm³/mol. The first-order chi connectivity index (χ1) is 10.1. The van der Waals surface area contributed by atoms with Crippen molar-refractivity contribution in [3.8, 4) is 0 Å². The Labute approximate surface area is 128 Å². The normalized spacial score (nSPS) is 27.5. The summed E-state index contributed by atoms with van der Waals surface area (Å²) < 4.78 is 4.83. The molecule has 1 aromatic rings. The number of hydrogen-bond acceptors (Lipinski definition) is 4. The van der Waals surface area contributed by atoms with Crippen molar-refractivity contribution in [1.29, 1.82) is 0 Å². The molecule has 0 N–H and O–H groups in total. The number of ether oxygens (including phenoxy) is 1. The first-order valence-corrected chi connectivity index (χ1v) is 8.18. The summed E-state index contributed by atoms with van der Waals surface area (Å²) >= 11 is 1.74. The van der Waals surface area contributed by atoms with Crippen LogP contribution in [0.15, 0.2) is 29.2 Å². The molecular formula is C16H19NO3S. The number of nitrogens with zero attached hydrogens (tertiary/aromatic N) is 1. The van der Waals surface area contributed by atoms with Gasteiger partial charge in [-0.1, -0.05) is 25.1 Å². The van der Waals surface area contributed by atoms with E-state index in [1.54, 1.807) is 11.8 Å². The summed E-state index contributed by atoms with van der Waals surface area (Å²) in [5, 5.41) is 0. The molecule has 2 aliphatic heterocycles. The van der Waals surface area contributed by atoms with E-state index in [1.807, 2.05) is 30.0 Å². The molecule has 4 nitrogen and oxygen atoms in total. The third-order valence-corrected chi connectivity index (χ3v) is 5.61.